The molecular weight excluding hydrogens is 637 g/mol. The van der Waals surface area contributed by atoms with Crippen molar-refractivity contribution in [2.45, 2.75) is 24.9 Å². The van der Waals surface area contributed by atoms with E-state index in [0.29, 0.717) is 28.5 Å². The van der Waals surface area contributed by atoms with Crippen molar-refractivity contribution >= 4 is 56.9 Å². The lowest BCUT2D eigenvalue weighted by Gasteiger charge is -2.20. The lowest BCUT2D eigenvalue weighted by Crippen LogP contribution is -2.27. The molecule has 7 nitrogen and oxygen atoms in total. The normalized spacial score (nSPS) is 13.9. The Balaban J connectivity index is 0.00000181. The SMILES string of the molecule is Br.Br.Br.NC(=O)c1nccc(-c2[nH]c(C3CCNCC3)nc2-c2cccc(C(F)(F)F)c2)n1. The lowest BCUT2D eigenvalue weighted by molar-refractivity contribution is -0.137. The fourth-order valence-electron chi connectivity index (χ4n) is 3.53. The van der Waals surface area contributed by atoms with E-state index < -0.39 is 17.6 Å². The largest absolute Gasteiger partial charge is 0.416 e. The molecule has 0 unspecified atom stereocenters. The summed E-state index contributed by atoms with van der Waals surface area (Å²) in [6.45, 7) is 1.66. The number of hydrogen-bond acceptors (Lipinski definition) is 5. The van der Waals surface area contributed by atoms with Gasteiger partial charge in [0.1, 0.15) is 5.82 Å². The van der Waals surface area contributed by atoms with Gasteiger partial charge >= 0.3 is 6.18 Å². The molecule has 1 aromatic carbocycles. The number of aromatic nitrogens is 4. The number of alkyl halides is 3. The Morgan fingerprint density at radius 2 is 1.76 bits per heavy atom. The van der Waals surface area contributed by atoms with E-state index in [1.54, 1.807) is 12.1 Å². The second-order valence-electron chi connectivity index (χ2n) is 7.08. The maximum atomic E-state index is 13.2. The van der Waals surface area contributed by atoms with Crippen LogP contribution in [0.3, 0.4) is 0 Å². The summed E-state index contributed by atoms with van der Waals surface area (Å²) in [6.07, 6.45) is -1.39. The molecule has 0 atom stereocenters. The molecule has 0 bridgehead atoms. The van der Waals surface area contributed by atoms with Gasteiger partial charge in [0.15, 0.2) is 0 Å². The van der Waals surface area contributed by atoms with Gasteiger partial charge in [-0.2, -0.15) is 13.2 Å². The van der Waals surface area contributed by atoms with Crippen LogP contribution in [0.2, 0.25) is 0 Å². The molecule has 1 aliphatic heterocycles. The van der Waals surface area contributed by atoms with Gasteiger partial charge in [0.05, 0.1) is 22.6 Å². The molecule has 0 aliphatic carbocycles. The Kier molecular flexibility index (Phi) is 10.7. The molecule has 1 fully saturated rings. The second-order valence-corrected chi connectivity index (χ2v) is 7.08. The van der Waals surface area contributed by atoms with Gasteiger partial charge in [0, 0.05) is 17.7 Å². The highest BCUT2D eigenvalue weighted by Gasteiger charge is 2.31. The monoisotopic (exact) mass is 656 g/mol. The van der Waals surface area contributed by atoms with Crippen molar-refractivity contribution in [3.05, 3.63) is 53.7 Å². The van der Waals surface area contributed by atoms with E-state index in [1.807, 2.05) is 0 Å². The molecule has 1 amide bonds. The number of imidazole rings is 1. The maximum Gasteiger partial charge on any atom is 0.416 e. The smallest absolute Gasteiger partial charge is 0.363 e. The zero-order valence-corrected chi connectivity index (χ0v) is 22.2. The fraction of sp³-hybridized carbons (Fsp3) is 0.300. The predicted molar refractivity (Wildman–Crippen MR) is 134 cm³/mol. The summed E-state index contributed by atoms with van der Waals surface area (Å²) in [7, 11) is 0. The highest BCUT2D eigenvalue weighted by atomic mass is 79.9. The van der Waals surface area contributed by atoms with Crippen LogP contribution in [0.4, 0.5) is 13.2 Å². The molecule has 180 valence electrons. The van der Waals surface area contributed by atoms with Crippen molar-refractivity contribution in [3.8, 4) is 22.6 Å². The van der Waals surface area contributed by atoms with E-state index in [9.17, 15) is 18.0 Å². The van der Waals surface area contributed by atoms with Crippen molar-refractivity contribution in [2.24, 2.45) is 5.73 Å². The van der Waals surface area contributed by atoms with Crippen LogP contribution >= 0.6 is 50.9 Å². The van der Waals surface area contributed by atoms with Crippen LogP contribution in [0.5, 0.6) is 0 Å². The van der Waals surface area contributed by atoms with Crippen molar-refractivity contribution < 1.29 is 18.0 Å². The van der Waals surface area contributed by atoms with E-state index in [0.717, 1.165) is 38.1 Å². The van der Waals surface area contributed by atoms with Crippen molar-refractivity contribution in [2.75, 3.05) is 13.1 Å². The Morgan fingerprint density at radius 1 is 1.06 bits per heavy atom. The number of amides is 1. The van der Waals surface area contributed by atoms with Crippen LogP contribution in [0.25, 0.3) is 22.6 Å². The molecule has 13 heteroatoms. The molecule has 1 aliphatic rings. The number of rotatable bonds is 4. The Morgan fingerprint density at radius 3 is 2.39 bits per heavy atom. The third kappa shape index (κ3) is 6.61. The molecule has 0 spiro atoms. The first-order valence-electron chi connectivity index (χ1n) is 9.44. The molecule has 4 rings (SSSR count). The van der Waals surface area contributed by atoms with Crippen molar-refractivity contribution in [1.82, 2.24) is 25.3 Å². The number of aromatic amines is 1. The highest BCUT2D eigenvalue weighted by Crippen LogP contribution is 2.36. The number of primary amides is 1. The van der Waals surface area contributed by atoms with Gasteiger partial charge < -0.3 is 16.0 Å². The van der Waals surface area contributed by atoms with Gasteiger partial charge in [0.2, 0.25) is 5.82 Å². The number of carbonyl (C=O) groups excluding carboxylic acids is 1. The first kappa shape index (κ1) is 29.2. The van der Waals surface area contributed by atoms with E-state index >= 15 is 0 Å². The summed E-state index contributed by atoms with van der Waals surface area (Å²) in [4.78, 5) is 27.4. The van der Waals surface area contributed by atoms with Crippen LogP contribution in [0.1, 0.15) is 40.8 Å². The zero-order valence-electron chi connectivity index (χ0n) is 17.1. The van der Waals surface area contributed by atoms with Gasteiger partial charge in [-0.3, -0.25) is 4.79 Å². The minimum Gasteiger partial charge on any atom is -0.363 e. The quantitative estimate of drug-likeness (QED) is 0.371. The van der Waals surface area contributed by atoms with Crippen LogP contribution in [-0.4, -0.2) is 38.9 Å². The molecule has 2 aromatic heterocycles. The van der Waals surface area contributed by atoms with Crippen LogP contribution in [0, 0.1) is 0 Å². The van der Waals surface area contributed by atoms with E-state index in [-0.39, 0.29) is 62.7 Å². The summed E-state index contributed by atoms with van der Waals surface area (Å²) in [5, 5.41) is 3.27. The average molecular weight is 659 g/mol. The third-order valence-corrected chi connectivity index (χ3v) is 5.04. The van der Waals surface area contributed by atoms with Crippen LogP contribution in [0.15, 0.2) is 36.5 Å². The molecule has 0 saturated carbocycles. The first-order chi connectivity index (χ1) is 14.3. The maximum absolute atomic E-state index is 13.2. The predicted octanol–water partition coefficient (Wildman–Crippen LogP) is 4.85. The molecule has 3 aromatic rings. The number of hydrogen-bond donors (Lipinski definition) is 3. The summed E-state index contributed by atoms with van der Waals surface area (Å²) >= 11 is 0. The average Bonchev–Trinajstić information content (AvgIpc) is 3.19. The third-order valence-electron chi connectivity index (χ3n) is 5.04. The minimum atomic E-state index is -4.47. The van der Waals surface area contributed by atoms with Crippen LogP contribution in [-0.2, 0) is 6.18 Å². The lowest BCUT2D eigenvalue weighted by atomic mass is 9.98. The number of nitrogens with zero attached hydrogens (tertiary/aromatic N) is 3. The molecule has 3 heterocycles. The summed E-state index contributed by atoms with van der Waals surface area (Å²) in [6, 6.07) is 6.54. The van der Waals surface area contributed by atoms with E-state index in [2.05, 4.69) is 25.3 Å². The Hall–Kier alpha value is -1.83. The van der Waals surface area contributed by atoms with Crippen LogP contribution < -0.4 is 11.1 Å². The summed E-state index contributed by atoms with van der Waals surface area (Å²) in [5.74, 6) is -0.156. The number of nitrogens with two attached hydrogens (primary N) is 1. The Bertz CT molecular complexity index is 1090. The Labute approximate surface area is 219 Å². The molecule has 33 heavy (non-hydrogen) atoms. The van der Waals surface area contributed by atoms with Gasteiger partial charge in [0.25, 0.3) is 5.91 Å². The van der Waals surface area contributed by atoms with Gasteiger partial charge in [-0.05, 0) is 44.1 Å². The summed E-state index contributed by atoms with van der Waals surface area (Å²) < 4.78 is 39.7. The number of nitrogens with one attached hydrogen (secondary N) is 2. The van der Waals surface area contributed by atoms with E-state index in [1.165, 1.54) is 12.3 Å². The molecule has 1 saturated heterocycles. The molecular formula is C20H22Br3F3N6O. The van der Waals surface area contributed by atoms with Crippen molar-refractivity contribution in [3.63, 3.8) is 0 Å². The number of H-pyrrole nitrogens is 1. The zero-order chi connectivity index (χ0) is 21.3. The topological polar surface area (TPSA) is 110 Å². The van der Waals surface area contributed by atoms with Crippen molar-refractivity contribution in [1.29, 1.82) is 0 Å². The molecule has 4 N–H and O–H groups in total. The standard InChI is InChI=1S/C20H19F3N6O.3BrH/c21-20(22,23)13-3-1-2-12(10-13)15-16(14-6-9-26-19(27-14)17(24)30)29-18(28-15)11-4-7-25-8-5-11;;;/h1-3,6,9-11,25H,4-5,7-8H2,(H2,24,30)(H,28,29);3*1H. The number of piperidine rings is 1. The number of benzene rings is 1. The second kappa shape index (κ2) is 12.0. The number of carbonyl (C=O) groups is 1. The minimum absolute atomic E-state index is 0. The van der Waals surface area contributed by atoms with E-state index in [4.69, 9.17) is 5.73 Å². The summed E-state index contributed by atoms with van der Waals surface area (Å²) in [5.41, 5.74) is 5.91. The highest BCUT2D eigenvalue weighted by molar-refractivity contribution is 8.93. The first-order valence-corrected chi connectivity index (χ1v) is 9.44. The fourth-order valence-corrected chi connectivity index (χ4v) is 3.53. The van der Waals surface area contributed by atoms with Gasteiger partial charge in [-0.25, -0.2) is 15.0 Å². The van der Waals surface area contributed by atoms with Gasteiger partial charge in [-0.15, -0.1) is 50.9 Å². The number of halogens is 6. The van der Waals surface area contributed by atoms with Gasteiger partial charge in [-0.1, -0.05) is 12.1 Å². The molecule has 0 radical (unpaired) electrons.